The number of esters is 1. The number of nitrogens with one attached hydrogen (secondary N) is 1. The molecule has 2 aliphatic heterocycles. The summed E-state index contributed by atoms with van der Waals surface area (Å²) in [6, 6.07) is 9.65. The van der Waals surface area contributed by atoms with Gasteiger partial charge in [0, 0.05) is 13.0 Å². The van der Waals surface area contributed by atoms with Crippen molar-refractivity contribution in [2.45, 2.75) is 70.2 Å². The van der Waals surface area contributed by atoms with E-state index >= 15 is 0 Å². The van der Waals surface area contributed by atoms with Crippen LogP contribution in [-0.2, 0) is 19.2 Å². The van der Waals surface area contributed by atoms with E-state index in [1.807, 2.05) is 58.0 Å². The van der Waals surface area contributed by atoms with Gasteiger partial charge in [0.1, 0.15) is 11.1 Å². The fraction of sp³-hybridized carbons (Fsp3) is 0.600. The van der Waals surface area contributed by atoms with Gasteiger partial charge in [-0.25, -0.2) is 4.79 Å². The Balaban J connectivity index is 1.68. The smallest absolute Gasteiger partial charge is 0.329 e. The minimum atomic E-state index is -0.842. The number of hydrogen-bond donors (Lipinski definition) is 1. The highest BCUT2D eigenvalue weighted by atomic mass is 16.7. The number of hydroxylamine groups is 2. The van der Waals surface area contributed by atoms with E-state index in [1.54, 1.807) is 5.06 Å². The topological polar surface area (TPSA) is 67.9 Å². The lowest BCUT2D eigenvalue weighted by Gasteiger charge is -2.31. The van der Waals surface area contributed by atoms with Crippen LogP contribution in [0.5, 0.6) is 0 Å². The molecule has 142 valence electrons. The molecule has 1 aromatic carbocycles. The number of amides is 1. The lowest BCUT2D eigenvalue weighted by atomic mass is 9.90. The average molecular weight is 360 g/mol. The minimum Gasteiger partial charge on any atom is -0.459 e. The van der Waals surface area contributed by atoms with Gasteiger partial charge >= 0.3 is 5.97 Å². The highest BCUT2D eigenvalue weighted by Crippen LogP contribution is 2.42. The number of hydrogen-bond acceptors (Lipinski definition) is 5. The van der Waals surface area contributed by atoms with Crippen molar-refractivity contribution in [2.24, 2.45) is 0 Å². The Morgan fingerprint density at radius 3 is 2.65 bits per heavy atom. The first-order chi connectivity index (χ1) is 12.2. The molecule has 0 aliphatic carbocycles. The number of nitrogens with zero attached hydrogens (tertiary/aromatic N) is 1. The van der Waals surface area contributed by atoms with E-state index in [0.29, 0.717) is 19.4 Å². The molecule has 2 heterocycles. The maximum Gasteiger partial charge on any atom is 0.329 e. The second-order valence-electron chi connectivity index (χ2n) is 8.18. The van der Waals surface area contributed by atoms with Crippen LogP contribution in [0.4, 0.5) is 0 Å². The molecule has 3 atom stereocenters. The number of carbonyl (C=O) groups is 2. The summed E-state index contributed by atoms with van der Waals surface area (Å²) < 4.78 is 5.61. The zero-order chi connectivity index (χ0) is 18.9. The molecule has 0 bridgehead atoms. The van der Waals surface area contributed by atoms with Gasteiger partial charge in [0.15, 0.2) is 6.10 Å². The summed E-state index contributed by atoms with van der Waals surface area (Å²) in [7, 11) is 0. The van der Waals surface area contributed by atoms with E-state index in [-0.39, 0.29) is 17.9 Å². The van der Waals surface area contributed by atoms with E-state index in [0.717, 1.165) is 12.0 Å². The van der Waals surface area contributed by atoms with Gasteiger partial charge in [0.25, 0.3) is 5.91 Å². The molecule has 1 amide bonds. The minimum absolute atomic E-state index is 0.125. The van der Waals surface area contributed by atoms with E-state index in [2.05, 4.69) is 5.32 Å². The van der Waals surface area contributed by atoms with Crippen molar-refractivity contribution in [1.82, 2.24) is 10.4 Å². The molecular formula is C20H28N2O4. The summed E-state index contributed by atoms with van der Waals surface area (Å²) in [5.74, 6) is -0.493. The van der Waals surface area contributed by atoms with Crippen molar-refractivity contribution >= 4 is 11.9 Å². The van der Waals surface area contributed by atoms with Crippen LogP contribution in [0.2, 0.25) is 0 Å². The fourth-order valence-corrected chi connectivity index (χ4v) is 3.64. The van der Waals surface area contributed by atoms with Gasteiger partial charge in [0.2, 0.25) is 0 Å². The van der Waals surface area contributed by atoms with E-state index in [1.165, 1.54) is 0 Å². The molecule has 0 radical (unpaired) electrons. The summed E-state index contributed by atoms with van der Waals surface area (Å²) in [5.41, 5.74) is -0.380. The van der Waals surface area contributed by atoms with Gasteiger partial charge in [-0.1, -0.05) is 30.3 Å². The SMILES string of the molecule is C[C@H](NC(=O)[C@@H]1C[C@]2(C(=O)OC(C)(C)C)CCCN2O1)c1ccccc1. The molecule has 3 rings (SSSR count). The van der Waals surface area contributed by atoms with Crippen LogP contribution in [0.25, 0.3) is 0 Å². The Labute approximate surface area is 154 Å². The van der Waals surface area contributed by atoms with Crippen LogP contribution in [0.3, 0.4) is 0 Å². The maximum atomic E-state index is 12.8. The standard InChI is InChI=1S/C20H28N2O4/c1-14(15-9-6-5-7-10-15)21-17(23)16-13-20(11-8-12-22(20)26-16)18(24)25-19(2,3)4/h5-7,9-10,14,16H,8,11-13H2,1-4H3,(H,21,23)/t14-,16-,20-/m0/s1. The molecule has 0 aromatic heterocycles. The Morgan fingerprint density at radius 1 is 1.31 bits per heavy atom. The zero-order valence-electron chi connectivity index (χ0n) is 16.0. The molecule has 2 fully saturated rings. The molecule has 2 aliphatic rings. The van der Waals surface area contributed by atoms with Crippen LogP contribution >= 0.6 is 0 Å². The summed E-state index contributed by atoms with van der Waals surface area (Å²) >= 11 is 0. The lowest BCUT2D eigenvalue weighted by molar-refractivity contribution is -0.199. The van der Waals surface area contributed by atoms with Gasteiger partial charge in [-0.15, -0.1) is 0 Å². The van der Waals surface area contributed by atoms with Gasteiger partial charge in [-0.2, -0.15) is 5.06 Å². The molecular weight excluding hydrogens is 332 g/mol. The van der Waals surface area contributed by atoms with Crippen LogP contribution in [0, 0.1) is 0 Å². The first kappa shape index (κ1) is 18.9. The predicted molar refractivity (Wildman–Crippen MR) is 97.0 cm³/mol. The van der Waals surface area contributed by atoms with Gasteiger partial charge in [-0.3, -0.25) is 9.63 Å². The summed E-state index contributed by atoms with van der Waals surface area (Å²) in [4.78, 5) is 31.3. The highest BCUT2D eigenvalue weighted by Gasteiger charge is 2.58. The Kier molecular flexibility index (Phi) is 5.08. The third-order valence-corrected chi connectivity index (χ3v) is 4.94. The van der Waals surface area contributed by atoms with Crippen molar-refractivity contribution in [3.05, 3.63) is 35.9 Å². The quantitative estimate of drug-likeness (QED) is 0.836. The van der Waals surface area contributed by atoms with Gasteiger partial charge < -0.3 is 10.1 Å². The second-order valence-corrected chi connectivity index (χ2v) is 8.18. The van der Waals surface area contributed by atoms with E-state index < -0.39 is 17.2 Å². The van der Waals surface area contributed by atoms with Crippen molar-refractivity contribution in [1.29, 1.82) is 0 Å². The van der Waals surface area contributed by atoms with Crippen molar-refractivity contribution in [3.8, 4) is 0 Å². The van der Waals surface area contributed by atoms with Gasteiger partial charge in [0.05, 0.1) is 6.04 Å². The number of ether oxygens (including phenoxy) is 1. The van der Waals surface area contributed by atoms with Crippen LogP contribution in [-0.4, -0.2) is 40.7 Å². The first-order valence-electron chi connectivity index (χ1n) is 9.24. The Bertz CT molecular complexity index is 670. The highest BCUT2D eigenvalue weighted by molar-refractivity contribution is 5.86. The summed E-state index contributed by atoms with van der Waals surface area (Å²) in [6.45, 7) is 8.12. The molecule has 6 heteroatoms. The zero-order valence-corrected chi connectivity index (χ0v) is 16.0. The number of rotatable bonds is 4. The third kappa shape index (κ3) is 3.76. The summed E-state index contributed by atoms with van der Waals surface area (Å²) in [6.07, 6.45) is 1.16. The van der Waals surface area contributed by atoms with Crippen molar-refractivity contribution in [3.63, 3.8) is 0 Å². The number of benzene rings is 1. The molecule has 6 nitrogen and oxygen atoms in total. The van der Waals surface area contributed by atoms with Crippen molar-refractivity contribution in [2.75, 3.05) is 6.54 Å². The second kappa shape index (κ2) is 7.00. The Hall–Kier alpha value is -1.92. The average Bonchev–Trinajstić information content (AvgIpc) is 3.12. The molecule has 0 saturated carbocycles. The van der Waals surface area contributed by atoms with E-state index in [9.17, 15) is 9.59 Å². The van der Waals surface area contributed by atoms with Crippen LogP contribution in [0.15, 0.2) is 30.3 Å². The predicted octanol–water partition coefficient (Wildman–Crippen LogP) is 2.74. The van der Waals surface area contributed by atoms with Crippen molar-refractivity contribution < 1.29 is 19.2 Å². The third-order valence-electron chi connectivity index (χ3n) is 4.94. The van der Waals surface area contributed by atoms with Gasteiger partial charge in [-0.05, 0) is 46.1 Å². The first-order valence-corrected chi connectivity index (χ1v) is 9.24. The molecule has 1 N–H and O–H groups in total. The van der Waals surface area contributed by atoms with Crippen LogP contribution in [0.1, 0.15) is 58.6 Å². The Morgan fingerprint density at radius 2 is 2.00 bits per heavy atom. The molecule has 26 heavy (non-hydrogen) atoms. The fourth-order valence-electron chi connectivity index (χ4n) is 3.64. The van der Waals surface area contributed by atoms with Crippen LogP contribution < -0.4 is 5.32 Å². The normalized spacial score (nSPS) is 27.0. The molecule has 0 unspecified atom stereocenters. The maximum absolute atomic E-state index is 12.8. The lowest BCUT2D eigenvalue weighted by Crippen LogP contribution is -2.48. The number of carbonyl (C=O) groups excluding carboxylic acids is 2. The molecule has 1 aromatic rings. The number of fused-ring (bicyclic) bond motifs is 1. The monoisotopic (exact) mass is 360 g/mol. The molecule has 0 spiro atoms. The summed E-state index contributed by atoms with van der Waals surface area (Å²) in [5, 5.41) is 4.65. The largest absolute Gasteiger partial charge is 0.459 e. The molecule has 2 saturated heterocycles. The van der Waals surface area contributed by atoms with E-state index in [4.69, 9.17) is 9.57 Å².